The highest BCUT2D eigenvalue weighted by Crippen LogP contribution is 2.22. The average Bonchev–Trinajstić information content (AvgIpc) is 2.65. The Labute approximate surface area is 115 Å². The fourth-order valence-corrected chi connectivity index (χ4v) is 2.68. The largest absolute Gasteiger partial charge is 0.340 e. The molecule has 0 aliphatic heterocycles. The van der Waals surface area contributed by atoms with Crippen LogP contribution < -0.4 is 4.90 Å². The van der Waals surface area contributed by atoms with Crippen LogP contribution in [-0.4, -0.2) is 17.0 Å². The van der Waals surface area contributed by atoms with Gasteiger partial charge in [-0.15, -0.1) is 11.3 Å². The summed E-state index contributed by atoms with van der Waals surface area (Å²) < 4.78 is 2.04. The van der Waals surface area contributed by atoms with Crippen LogP contribution in [-0.2, 0) is 6.54 Å². The number of rotatable bonds is 3. The Bertz CT molecular complexity index is 469. The molecule has 16 heavy (non-hydrogen) atoms. The first kappa shape index (κ1) is 12.0. The van der Waals surface area contributed by atoms with E-state index in [0.717, 1.165) is 20.8 Å². The summed E-state index contributed by atoms with van der Waals surface area (Å²) in [5.41, 5.74) is 1.26. The monoisotopic (exact) mass is 361 g/mol. The first-order valence-electron chi connectivity index (χ1n) is 4.57. The van der Waals surface area contributed by atoms with Gasteiger partial charge in [0.1, 0.15) is 0 Å². The van der Waals surface area contributed by atoms with Crippen molar-refractivity contribution in [2.24, 2.45) is 0 Å². The summed E-state index contributed by atoms with van der Waals surface area (Å²) in [7, 11) is 1.98. The highest BCUT2D eigenvalue weighted by molar-refractivity contribution is 9.11. The number of nitrogens with zero attached hydrogens (tertiary/aromatic N) is 3. The van der Waals surface area contributed by atoms with Crippen LogP contribution in [0.4, 0.5) is 5.95 Å². The van der Waals surface area contributed by atoms with Gasteiger partial charge >= 0.3 is 0 Å². The zero-order valence-electron chi connectivity index (χ0n) is 8.52. The van der Waals surface area contributed by atoms with Crippen molar-refractivity contribution in [3.8, 4) is 0 Å². The third-order valence-electron chi connectivity index (χ3n) is 1.99. The van der Waals surface area contributed by atoms with E-state index in [1.54, 1.807) is 23.7 Å². The molecule has 0 atom stereocenters. The Balaban J connectivity index is 2.08. The van der Waals surface area contributed by atoms with Crippen molar-refractivity contribution < 1.29 is 0 Å². The Morgan fingerprint density at radius 1 is 1.31 bits per heavy atom. The topological polar surface area (TPSA) is 29.0 Å². The van der Waals surface area contributed by atoms with Crippen molar-refractivity contribution in [1.82, 2.24) is 9.97 Å². The van der Waals surface area contributed by atoms with Crippen molar-refractivity contribution in [3.05, 3.63) is 37.7 Å². The quantitative estimate of drug-likeness (QED) is 0.833. The normalized spacial score (nSPS) is 10.4. The van der Waals surface area contributed by atoms with E-state index in [0.29, 0.717) is 0 Å². The molecule has 0 saturated carbocycles. The molecule has 2 aromatic rings. The van der Waals surface area contributed by atoms with Crippen molar-refractivity contribution in [1.29, 1.82) is 0 Å². The number of halogens is 2. The van der Waals surface area contributed by atoms with E-state index in [4.69, 9.17) is 0 Å². The molecule has 0 aliphatic carbocycles. The number of thiophene rings is 1. The molecule has 84 valence electrons. The molecule has 0 unspecified atom stereocenters. The van der Waals surface area contributed by atoms with Gasteiger partial charge in [-0.2, -0.15) is 0 Å². The second-order valence-electron chi connectivity index (χ2n) is 3.32. The van der Waals surface area contributed by atoms with Crippen LogP contribution in [0.2, 0.25) is 0 Å². The molecule has 6 heteroatoms. The van der Waals surface area contributed by atoms with Crippen LogP contribution >= 0.6 is 43.2 Å². The van der Waals surface area contributed by atoms with E-state index >= 15 is 0 Å². The van der Waals surface area contributed by atoms with Crippen molar-refractivity contribution in [3.63, 3.8) is 0 Å². The summed E-state index contributed by atoms with van der Waals surface area (Å²) >= 11 is 8.45. The highest BCUT2D eigenvalue weighted by atomic mass is 79.9. The molecule has 0 saturated heterocycles. The maximum Gasteiger partial charge on any atom is 0.225 e. The fourth-order valence-electron chi connectivity index (χ4n) is 1.28. The molecule has 0 fully saturated rings. The Kier molecular flexibility index (Phi) is 3.94. The summed E-state index contributed by atoms with van der Waals surface area (Å²) in [5, 5.41) is 2.12. The van der Waals surface area contributed by atoms with Crippen molar-refractivity contribution in [2.75, 3.05) is 11.9 Å². The van der Waals surface area contributed by atoms with Crippen LogP contribution in [0, 0.1) is 0 Å². The summed E-state index contributed by atoms with van der Waals surface area (Å²) in [6.45, 7) is 0.809. The Morgan fingerprint density at radius 3 is 2.56 bits per heavy atom. The van der Waals surface area contributed by atoms with Gasteiger partial charge in [0.2, 0.25) is 5.95 Å². The van der Waals surface area contributed by atoms with Crippen LogP contribution in [0.25, 0.3) is 0 Å². The van der Waals surface area contributed by atoms with Gasteiger partial charge < -0.3 is 4.90 Å². The van der Waals surface area contributed by atoms with E-state index in [-0.39, 0.29) is 0 Å². The molecule has 0 amide bonds. The molecular formula is C10H9Br2N3S. The number of hydrogen-bond donors (Lipinski definition) is 0. The lowest BCUT2D eigenvalue weighted by atomic mass is 10.3. The molecule has 0 aliphatic rings. The van der Waals surface area contributed by atoms with Crippen molar-refractivity contribution >= 4 is 49.1 Å². The SMILES string of the molecule is CN(Cc1csc(Br)c1)c1ncc(Br)cn1. The number of anilines is 1. The van der Waals surface area contributed by atoms with Gasteiger partial charge in [-0.25, -0.2) is 9.97 Å². The summed E-state index contributed by atoms with van der Waals surface area (Å²) in [6.07, 6.45) is 3.50. The molecule has 2 heterocycles. The maximum atomic E-state index is 4.24. The third kappa shape index (κ3) is 3.02. The van der Waals surface area contributed by atoms with Crippen LogP contribution in [0.15, 0.2) is 32.1 Å². The average molecular weight is 363 g/mol. The lowest BCUT2D eigenvalue weighted by Crippen LogP contribution is -2.18. The molecule has 0 spiro atoms. The minimum Gasteiger partial charge on any atom is -0.340 e. The van der Waals surface area contributed by atoms with Gasteiger partial charge in [0.15, 0.2) is 0 Å². The minimum absolute atomic E-state index is 0.727. The first-order chi connectivity index (χ1) is 7.65. The van der Waals surface area contributed by atoms with E-state index in [9.17, 15) is 0 Å². The van der Waals surface area contributed by atoms with Gasteiger partial charge in [-0.3, -0.25) is 0 Å². The van der Waals surface area contributed by atoms with Gasteiger partial charge in [0.25, 0.3) is 0 Å². The highest BCUT2D eigenvalue weighted by Gasteiger charge is 2.06. The third-order valence-corrected chi connectivity index (χ3v) is 3.95. The fraction of sp³-hybridized carbons (Fsp3) is 0.200. The predicted octanol–water partition coefficient (Wildman–Crippen LogP) is 3.70. The Morgan fingerprint density at radius 2 is 2.00 bits per heavy atom. The molecule has 0 bridgehead atoms. The first-order valence-corrected chi connectivity index (χ1v) is 7.03. The minimum atomic E-state index is 0.727. The van der Waals surface area contributed by atoms with Gasteiger partial charge in [0.05, 0.1) is 8.26 Å². The second-order valence-corrected chi connectivity index (χ2v) is 6.52. The maximum absolute atomic E-state index is 4.24. The number of aromatic nitrogens is 2. The molecule has 0 aromatic carbocycles. The molecular weight excluding hydrogens is 354 g/mol. The molecule has 2 aromatic heterocycles. The lowest BCUT2D eigenvalue weighted by Gasteiger charge is -2.15. The van der Waals surface area contributed by atoms with E-state index in [1.165, 1.54) is 5.56 Å². The van der Waals surface area contributed by atoms with E-state index in [1.807, 2.05) is 11.9 Å². The predicted molar refractivity (Wildman–Crippen MR) is 73.9 cm³/mol. The smallest absolute Gasteiger partial charge is 0.225 e. The van der Waals surface area contributed by atoms with Crippen LogP contribution in [0.3, 0.4) is 0 Å². The van der Waals surface area contributed by atoms with E-state index < -0.39 is 0 Å². The van der Waals surface area contributed by atoms with Crippen LogP contribution in [0.1, 0.15) is 5.56 Å². The summed E-state index contributed by atoms with van der Waals surface area (Å²) in [6, 6.07) is 2.11. The van der Waals surface area contributed by atoms with Gasteiger partial charge in [0, 0.05) is 26.0 Å². The number of hydrogen-bond acceptors (Lipinski definition) is 4. The molecule has 0 radical (unpaired) electrons. The summed E-state index contributed by atoms with van der Waals surface area (Å²) in [4.78, 5) is 10.5. The zero-order chi connectivity index (χ0) is 11.5. The molecule has 2 rings (SSSR count). The standard InChI is InChI=1S/C10H9Br2N3S/c1-15(5-7-2-9(12)16-6-7)10-13-3-8(11)4-14-10/h2-4,6H,5H2,1H3. The van der Waals surface area contributed by atoms with Gasteiger partial charge in [-0.1, -0.05) is 0 Å². The van der Waals surface area contributed by atoms with E-state index in [2.05, 4.69) is 53.3 Å². The molecule has 3 nitrogen and oxygen atoms in total. The second kappa shape index (κ2) is 5.25. The zero-order valence-corrected chi connectivity index (χ0v) is 12.5. The summed E-state index contributed by atoms with van der Waals surface area (Å²) in [5.74, 6) is 0.727. The van der Waals surface area contributed by atoms with Gasteiger partial charge in [-0.05, 0) is 48.9 Å². The lowest BCUT2D eigenvalue weighted by molar-refractivity contribution is 0.867. The molecule has 0 N–H and O–H groups in total. The Hall–Kier alpha value is -0.460. The van der Waals surface area contributed by atoms with Crippen LogP contribution in [0.5, 0.6) is 0 Å². The van der Waals surface area contributed by atoms with Crippen molar-refractivity contribution in [2.45, 2.75) is 6.54 Å².